The molecule has 1 amide bonds. The Balaban J connectivity index is 2.22. The van der Waals surface area contributed by atoms with Gasteiger partial charge in [0, 0.05) is 17.6 Å². The van der Waals surface area contributed by atoms with Gasteiger partial charge in [0.1, 0.15) is 0 Å². The summed E-state index contributed by atoms with van der Waals surface area (Å²) in [5.41, 5.74) is 1.89. The Labute approximate surface area is 105 Å². The van der Waals surface area contributed by atoms with Gasteiger partial charge < -0.3 is 4.90 Å². The number of hydrogen-bond acceptors (Lipinski definition) is 1. The number of halogens is 1. The van der Waals surface area contributed by atoms with Crippen molar-refractivity contribution < 1.29 is 4.79 Å². The Morgan fingerprint density at radius 2 is 2.12 bits per heavy atom. The maximum absolute atomic E-state index is 12.2. The average Bonchev–Trinajstić information content (AvgIpc) is 2.18. The van der Waals surface area contributed by atoms with Crippen LogP contribution in [0.1, 0.15) is 35.2 Å². The normalized spacial score (nSPS) is 15.7. The predicted octanol–water partition coefficient (Wildman–Crippen LogP) is 3.38. The zero-order valence-corrected chi connectivity index (χ0v) is 11.3. The Bertz CT molecular complexity index is 412. The van der Waals surface area contributed by atoms with Crippen LogP contribution >= 0.6 is 15.9 Å². The molecule has 0 aromatic heterocycles. The molecule has 0 bridgehead atoms. The highest BCUT2D eigenvalue weighted by Gasteiger charge is 2.27. The molecule has 1 aliphatic carbocycles. The molecule has 1 aromatic carbocycles. The SMILES string of the molecule is Cc1ccc(Br)c(C(=O)N(C)C2CCC2)c1. The molecule has 86 valence electrons. The first-order valence-electron chi connectivity index (χ1n) is 5.63. The van der Waals surface area contributed by atoms with Crippen LogP contribution in [-0.2, 0) is 0 Å². The monoisotopic (exact) mass is 281 g/mol. The summed E-state index contributed by atoms with van der Waals surface area (Å²) in [5.74, 6) is 0.125. The summed E-state index contributed by atoms with van der Waals surface area (Å²) in [5, 5.41) is 0. The lowest BCUT2D eigenvalue weighted by molar-refractivity contribution is 0.0651. The fraction of sp³-hybridized carbons (Fsp3) is 0.462. The summed E-state index contributed by atoms with van der Waals surface area (Å²) < 4.78 is 0.884. The lowest BCUT2D eigenvalue weighted by Crippen LogP contribution is -2.41. The molecular formula is C13H16BrNO. The Morgan fingerprint density at radius 1 is 1.44 bits per heavy atom. The minimum atomic E-state index is 0.125. The molecule has 1 aliphatic rings. The van der Waals surface area contributed by atoms with Gasteiger partial charge in [0.15, 0.2) is 0 Å². The highest BCUT2D eigenvalue weighted by molar-refractivity contribution is 9.10. The number of carbonyl (C=O) groups is 1. The third kappa shape index (κ3) is 2.14. The topological polar surface area (TPSA) is 20.3 Å². The molecule has 0 spiro atoms. The predicted molar refractivity (Wildman–Crippen MR) is 68.6 cm³/mol. The molecule has 0 heterocycles. The van der Waals surface area contributed by atoms with Gasteiger partial charge in [-0.15, -0.1) is 0 Å². The van der Waals surface area contributed by atoms with E-state index in [0.717, 1.165) is 28.4 Å². The summed E-state index contributed by atoms with van der Waals surface area (Å²) in [6, 6.07) is 6.34. The second kappa shape index (κ2) is 4.58. The molecule has 0 saturated heterocycles. The highest BCUT2D eigenvalue weighted by atomic mass is 79.9. The molecule has 0 radical (unpaired) electrons. The van der Waals surface area contributed by atoms with E-state index in [1.54, 1.807) is 0 Å². The van der Waals surface area contributed by atoms with Crippen LogP contribution in [0.4, 0.5) is 0 Å². The fourth-order valence-corrected chi connectivity index (χ4v) is 2.35. The summed E-state index contributed by atoms with van der Waals surface area (Å²) in [4.78, 5) is 14.1. The van der Waals surface area contributed by atoms with Crippen molar-refractivity contribution in [2.75, 3.05) is 7.05 Å². The quantitative estimate of drug-likeness (QED) is 0.814. The van der Waals surface area contributed by atoms with Crippen LogP contribution < -0.4 is 0 Å². The number of rotatable bonds is 2. The summed E-state index contributed by atoms with van der Waals surface area (Å²) in [6.45, 7) is 2.01. The van der Waals surface area contributed by atoms with Crippen molar-refractivity contribution in [1.29, 1.82) is 0 Å². The van der Waals surface area contributed by atoms with E-state index >= 15 is 0 Å². The molecular weight excluding hydrogens is 266 g/mol. The van der Waals surface area contributed by atoms with E-state index in [9.17, 15) is 4.79 Å². The van der Waals surface area contributed by atoms with Crippen LogP contribution in [0.25, 0.3) is 0 Å². The van der Waals surface area contributed by atoms with E-state index in [1.165, 1.54) is 6.42 Å². The van der Waals surface area contributed by atoms with Gasteiger partial charge in [-0.1, -0.05) is 11.6 Å². The molecule has 0 unspecified atom stereocenters. The van der Waals surface area contributed by atoms with Gasteiger partial charge in [0.2, 0.25) is 0 Å². The number of amides is 1. The number of benzene rings is 1. The first kappa shape index (κ1) is 11.6. The van der Waals surface area contributed by atoms with Crippen LogP contribution in [0.2, 0.25) is 0 Å². The van der Waals surface area contributed by atoms with Crippen LogP contribution in [0, 0.1) is 6.92 Å². The Hall–Kier alpha value is -0.830. The zero-order valence-electron chi connectivity index (χ0n) is 9.66. The van der Waals surface area contributed by atoms with Gasteiger partial charge in [0.05, 0.1) is 5.56 Å². The van der Waals surface area contributed by atoms with E-state index in [0.29, 0.717) is 6.04 Å². The van der Waals surface area contributed by atoms with E-state index in [2.05, 4.69) is 15.9 Å². The van der Waals surface area contributed by atoms with Crippen molar-refractivity contribution in [2.45, 2.75) is 32.2 Å². The lowest BCUT2D eigenvalue weighted by Gasteiger charge is -2.35. The second-order valence-corrected chi connectivity index (χ2v) is 5.34. The van der Waals surface area contributed by atoms with Gasteiger partial charge in [-0.3, -0.25) is 4.79 Å². The molecule has 3 heteroatoms. The molecule has 0 N–H and O–H groups in total. The van der Waals surface area contributed by atoms with Crippen molar-refractivity contribution in [2.24, 2.45) is 0 Å². The summed E-state index contributed by atoms with van der Waals surface area (Å²) in [7, 11) is 1.90. The van der Waals surface area contributed by atoms with Crippen molar-refractivity contribution in [3.05, 3.63) is 33.8 Å². The van der Waals surface area contributed by atoms with Crippen molar-refractivity contribution in [3.8, 4) is 0 Å². The maximum atomic E-state index is 12.2. The van der Waals surface area contributed by atoms with Crippen LogP contribution in [-0.4, -0.2) is 23.9 Å². The number of aryl methyl sites for hydroxylation is 1. The van der Waals surface area contributed by atoms with Crippen LogP contribution in [0.5, 0.6) is 0 Å². The third-order valence-electron chi connectivity index (χ3n) is 3.30. The first-order valence-corrected chi connectivity index (χ1v) is 6.42. The van der Waals surface area contributed by atoms with Gasteiger partial charge >= 0.3 is 0 Å². The first-order chi connectivity index (χ1) is 7.59. The summed E-state index contributed by atoms with van der Waals surface area (Å²) in [6.07, 6.45) is 3.54. The number of hydrogen-bond donors (Lipinski definition) is 0. The molecule has 1 fully saturated rings. The molecule has 0 aliphatic heterocycles. The lowest BCUT2D eigenvalue weighted by atomic mass is 9.91. The van der Waals surface area contributed by atoms with Gasteiger partial charge in [-0.2, -0.15) is 0 Å². The molecule has 1 aromatic rings. The minimum absolute atomic E-state index is 0.125. The Morgan fingerprint density at radius 3 is 2.69 bits per heavy atom. The smallest absolute Gasteiger partial charge is 0.254 e. The van der Waals surface area contributed by atoms with E-state index in [1.807, 2.05) is 37.1 Å². The number of carbonyl (C=O) groups excluding carboxylic acids is 1. The molecule has 2 nitrogen and oxygen atoms in total. The third-order valence-corrected chi connectivity index (χ3v) is 3.99. The van der Waals surface area contributed by atoms with E-state index in [4.69, 9.17) is 0 Å². The second-order valence-electron chi connectivity index (χ2n) is 4.48. The van der Waals surface area contributed by atoms with Gasteiger partial charge in [-0.25, -0.2) is 0 Å². The van der Waals surface area contributed by atoms with Crippen LogP contribution in [0.15, 0.2) is 22.7 Å². The fourth-order valence-electron chi connectivity index (χ4n) is 1.93. The van der Waals surface area contributed by atoms with Gasteiger partial charge in [0.25, 0.3) is 5.91 Å². The molecule has 0 atom stereocenters. The van der Waals surface area contributed by atoms with Crippen molar-refractivity contribution in [1.82, 2.24) is 4.90 Å². The standard InChI is InChI=1S/C13H16BrNO/c1-9-6-7-12(14)11(8-9)13(16)15(2)10-4-3-5-10/h6-8,10H,3-5H2,1-2H3. The van der Waals surface area contributed by atoms with Crippen LogP contribution in [0.3, 0.4) is 0 Å². The molecule has 16 heavy (non-hydrogen) atoms. The largest absolute Gasteiger partial charge is 0.339 e. The highest BCUT2D eigenvalue weighted by Crippen LogP contribution is 2.27. The van der Waals surface area contributed by atoms with E-state index < -0.39 is 0 Å². The summed E-state index contributed by atoms with van der Waals surface area (Å²) >= 11 is 3.44. The van der Waals surface area contributed by atoms with Crippen molar-refractivity contribution >= 4 is 21.8 Å². The Kier molecular flexibility index (Phi) is 3.33. The van der Waals surface area contributed by atoms with Crippen molar-refractivity contribution in [3.63, 3.8) is 0 Å². The number of nitrogens with zero attached hydrogens (tertiary/aromatic N) is 1. The minimum Gasteiger partial charge on any atom is -0.339 e. The maximum Gasteiger partial charge on any atom is 0.254 e. The zero-order chi connectivity index (χ0) is 11.7. The molecule has 1 saturated carbocycles. The molecule has 2 rings (SSSR count). The van der Waals surface area contributed by atoms with E-state index in [-0.39, 0.29) is 5.91 Å². The average molecular weight is 282 g/mol. The van der Waals surface area contributed by atoms with Gasteiger partial charge in [-0.05, 0) is 54.2 Å².